The molecule has 1 heterocycles. The zero-order valence-corrected chi connectivity index (χ0v) is 12.3. The van der Waals surface area contributed by atoms with Crippen molar-refractivity contribution >= 4 is 17.3 Å². The van der Waals surface area contributed by atoms with Gasteiger partial charge >= 0.3 is 5.97 Å². The number of hydrogen-bond donors (Lipinski definition) is 1. The number of carboxylic acid groups (broad SMARTS) is 1. The molecule has 1 aliphatic heterocycles. The second kappa shape index (κ2) is 5.71. The van der Waals surface area contributed by atoms with Gasteiger partial charge in [0.15, 0.2) is 0 Å². The SMILES string of the molecule is CC1(C)CCCN(c2cc([N+](=O)[O-])ccc2C(=O)O)CC1. The van der Waals surface area contributed by atoms with Gasteiger partial charge in [-0.25, -0.2) is 4.79 Å². The third-order valence-electron chi connectivity index (χ3n) is 4.10. The highest BCUT2D eigenvalue weighted by molar-refractivity contribution is 5.95. The van der Waals surface area contributed by atoms with E-state index in [2.05, 4.69) is 13.8 Å². The van der Waals surface area contributed by atoms with Gasteiger partial charge in [-0.05, 0) is 30.7 Å². The van der Waals surface area contributed by atoms with E-state index in [1.165, 1.54) is 18.2 Å². The number of benzene rings is 1. The molecule has 2 rings (SSSR count). The second-order valence-corrected chi connectivity index (χ2v) is 6.27. The topological polar surface area (TPSA) is 83.7 Å². The molecule has 114 valence electrons. The lowest BCUT2D eigenvalue weighted by Crippen LogP contribution is -2.27. The van der Waals surface area contributed by atoms with Crippen molar-refractivity contribution in [3.63, 3.8) is 0 Å². The molecule has 1 aliphatic rings. The predicted octanol–water partition coefficient (Wildman–Crippen LogP) is 3.31. The largest absolute Gasteiger partial charge is 0.478 e. The summed E-state index contributed by atoms with van der Waals surface area (Å²) in [7, 11) is 0. The van der Waals surface area contributed by atoms with Crippen molar-refractivity contribution in [3.8, 4) is 0 Å². The zero-order chi connectivity index (χ0) is 15.6. The maximum Gasteiger partial charge on any atom is 0.337 e. The standard InChI is InChI=1S/C15H20N2O4/c1-15(2)6-3-8-16(9-7-15)13-10-11(17(20)21)4-5-12(13)14(18)19/h4-5,10H,3,6-9H2,1-2H3,(H,18,19). The summed E-state index contributed by atoms with van der Waals surface area (Å²) in [6.07, 6.45) is 2.96. The third kappa shape index (κ3) is 3.51. The normalized spacial score (nSPS) is 18.1. The van der Waals surface area contributed by atoms with Gasteiger partial charge in [0.2, 0.25) is 0 Å². The summed E-state index contributed by atoms with van der Waals surface area (Å²) < 4.78 is 0. The number of rotatable bonds is 3. The van der Waals surface area contributed by atoms with Gasteiger partial charge in [-0.15, -0.1) is 0 Å². The number of hydrogen-bond acceptors (Lipinski definition) is 4. The number of anilines is 1. The highest BCUT2D eigenvalue weighted by atomic mass is 16.6. The van der Waals surface area contributed by atoms with Crippen molar-refractivity contribution < 1.29 is 14.8 Å². The van der Waals surface area contributed by atoms with Crippen LogP contribution in [0.1, 0.15) is 43.5 Å². The number of carboxylic acids is 1. The first-order chi connectivity index (χ1) is 9.80. The van der Waals surface area contributed by atoms with Crippen LogP contribution in [-0.4, -0.2) is 29.1 Å². The van der Waals surface area contributed by atoms with E-state index in [-0.39, 0.29) is 16.7 Å². The van der Waals surface area contributed by atoms with Crippen molar-refractivity contribution in [2.24, 2.45) is 5.41 Å². The summed E-state index contributed by atoms with van der Waals surface area (Å²) in [6.45, 7) is 5.84. The van der Waals surface area contributed by atoms with Crippen molar-refractivity contribution in [1.29, 1.82) is 0 Å². The van der Waals surface area contributed by atoms with Crippen molar-refractivity contribution in [2.75, 3.05) is 18.0 Å². The minimum Gasteiger partial charge on any atom is -0.478 e. The molecule has 0 amide bonds. The van der Waals surface area contributed by atoms with E-state index in [4.69, 9.17) is 0 Å². The molecule has 0 unspecified atom stereocenters. The Bertz CT molecular complexity index is 569. The zero-order valence-electron chi connectivity index (χ0n) is 12.3. The Morgan fingerprint density at radius 1 is 1.33 bits per heavy atom. The Kier molecular flexibility index (Phi) is 4.16. The Morgan fingerprint density at radius 3 is 2.67 bits per heavy atom. The molecule has 1 aromatic carbocycles. The van der Waals surface area contributed by atoms with E-state index in [1.54, 1.807) is 0 Å². The Morgan fingerprint density at radius 2 is 2.05 bits per heavy atom. The summed E-state index contributed by atoms with van der Waals surface area (Å²) in [6, 6.07) is 3.95. The molecule has 0 atom stereocenters. The molecular weight excluding hydrogens is 272 g/mol. The van der Waals surface area contributed by atoms with Gasteiger partial charge in [-0.3, -0.25) is 10.1 Å². The number of nitro benzene ring substituents is 1. The average Bonchev–Trinajstić information content (AvgIpc) is 2.58. The number of carbonyl (C=O) groups is 1. The maximum atomic E-state index is 11.4. The van der Waals surface area contributed by atoms with Gasteiger partial charge in [-0.1, -0.05) is 13.8 Å². The van der Waals surface area contributed by atoms with Gasteiger partial charge in [0, 0.05) is 25.2 Å². The molecule has 6 heteroatoms. The second-order valence-electron chi connectivity index (χ2n) is 6.27. The minimum atomic E-state index is -1.05. The van der Waals surface area contributed by atoms with Crippen molar-refractivity contribution in [2.45, 2.75) is 33.1 Å². The smallest absolute Gasteiger partial charge is 0.337 e. The summed E-state index contributed by atoms with van der Waals surface area (Å²) in [5.74, 6) is -1.05. The van der Waals surface area contributed by atoms with Gasteiger partial charge in [-0.2, -0.15) is 0 Å². The quantitative estimate of drug-likeness (QED) is 0.682. The number of nitrogens with zero attached hydrogens (tertiary/aromatic N) is 2. The molecular formula is C15H20N2O4. The molecule has 0 aromatic heterocycles. The Hall–Kier alpha value is -2.11. The van der Waals surface area contributed by atoms with Crippen LogP contribution in [0.4, 0.5) is 11.4 Å². The lowest BCUT2D eigenvalue weighted by molar-refractivity contribution is -0.384. The van der Waals surface area contributed by atoms with Crippen LogP contribution in [0, 0.1) is 15.5 Å². The van der Waals surface area contributed by atoms with Crippen LogP contribution in [-0.2, 0) is 0 Å². The van der Waals surface area contributed by atoms with E-state index in [9.17, 15) is 20.0 Å². The first-order valence-electron chi connectivity index (χ1n) is 7.07. The first kappa shape index (κ1) is 15.3. The van der Waals surface area contributed by atoms with Crippen LogP contribution in [0.25, 0.3) is 0 Å². The summed E-state index contributed by atoms with van der Waals surface area (Å²) in [5, 5.41) is 20.2. The molecule has 0 spiro atoms. The third-order valence-corrected chi connectivity index (χ3v) is 4.10. The van der Waals surface area contributed by atoms with Gasteiger partial charge in [0.05, 0.1) is 16.2 Å². The van der Waals surface area contributed by atoms with Crippen LogP contribution < -0.4 is 4.90 Å². The van der Waals surface area contributed by atoms with Crippen molar-refractivity contribution in [3.05, 3.63) is 33.9 Å². The fourth-order valence-electron chi connectivity index (χ4n) is 2.74. The van der Waals surface area contributed by atoms with Crippen LogP contribution in [0.15, 0.2) is 18.2 Å². The van der Waals surface area contributed by atoms with E-state index < -0.39 is 10.9 Å². The molecule has 0 bridgehead atoms. The Balaban J connectivity index is 2.38. The molecule has 1 fully saturated rings. The number of nitro groups is 1. The van der Waals surface area contributed by atoms with E-state index in [0.717, 1.165) is 25.8 Å². The van der Waals surface area contributed by atoms with E-state index in [0.29, 0.717) is 12.2 Å². The Labute approximate surface area is 123 Å². The fourth-order valence-corrected chi connectivity index (χ4v) is 2.74. The molecule has 21 heavy (non-hydrogen) atoms. The lowest BCUT2D eigenvalue weighted by Gasteiger charge is -2.25. The summed E-state index contributed by atoms with van der Waals surface area (Å²) in [5.41, 5.74) is 0.729. The molecule has 1 saturated heterocycles. The highest BCUT2D eigenvalue weighted by Crippen LogP contribution is 2.34. The van der Waals surface area contributed by atoms with E-state index in [1.807, 2.05) is 4.90 Å². The predicted molar refractivity (Wildman–Crippen MR) is 79.9 cm³/mol. The molecule has 1 N–H and O–H groups in total. The van der Waals surface area contributed by atoms with Gasteiger partial charge < -0.3 is 10.0 Å². The highest BCUT2D eigenvalue weighted by Gasteiger charge is 2.26. The van der Waals surface area contributed by atoms with E-state index >= 15 is 0 Å². The molecule has 1 aromatic rings. The fraction of sp³-hybridized carbons (Fsp3) is 0.533. The molecule has 6 nitrogen and oxygen atoms in total. The molecule has 0 aliphatic carbocycles. The van der Waals surface area contributed by atoms with Gasteiger partial charge in [0.1, 0.15) is 0 Å². The maximum absolute atomic E-state index is 11.4. The van der Waals surface area contributed by atoms with Crippen molar-refractivity contribution in [1.82, 2.24) is 0 Å². The van der Waals surface area contributed by atoms with Crippen LogP contribution in [0.5, 0.6) is 0 Å². The number of non-ortho nitro benzene ring substituents is 1. The first-order valence-corrected chi connectivity index (χ1v) is 7.07. The number of aromatic carboxylic acids is 1. The lowest BCUT2D eigenvalue weighted by atomic mass is 9.85. The molecule has 0 saturated carbocycles. The molecule has 0 radical (unpaired) electrons. The monoisotopic (exact) mass is 292 g/mol. The average molecular weight is 292 g/mol. The van der Waals surface area contributed by atoms with Crippen LogP contribution in [0.3, 0.4) is 0 Å². The summed E-state index contributed by atoms with van der Waals surface area (Å²) in [4.78, 5) is 23.8. The summed E-state index contributed by atoms with van der Waals surface area (Å²) >= 11 is 0. The van der Waals surface area contributed by atoms with Gasteiger partial charge in [0.25, 0.3) is 5.69 Å². The van der Waals surface area contributed by atoms with Crippen LogP contribution in [0.2, 0.25) is 0 Å². The van der Waals surface area contributed by atoms with Crippen LogP contribution >= 0.6 is 0 Å². The minimum absolute atomic E-state index is 0.0708.